The van der Waals surface area contributed by atoms with Crippen molar-refractivity contribution in [3.8, 4) is 0 Å². The van der Waals surface area contributed by atoms with Gasteiger partial charge in [0.1, 0.15) is 11.2 Å². The van der Waals surface area contributed by atoms with Gasteiger partial charge >= 0.3 is 11.9 Å². The third kappa shape index (κ3) is 2.65. The van der Waals surface area contributed by atoms with Crippen molar-refractivity contribution >= 4 is 17.7 Å². The molecule has 2 saturated heterocycles. The van der Waals surface area contributed by atoms with Crippen LogP contribution in [0.3, 0.4) is 0 Å². The Kier molecular flexibility index (Phi) is 4.66. The molecule has 3 aliphatic carbocycles. The van der Waals surface area contributed by atoms with Crippen LogP contribution in [0, 0.1) is 28.6 Å². The van der Waals surface area contributed by atoms with E-state index in [1.54, 1.807) is 18.2 Å². The fraction of sp³-hybridized carbons (Fsp3) is 0.548. The molecule has 8 rings (SSSR count). The highest BCUT2D eigenvalue weighted by Gasteiger charge is 2.92. The molecule has 9 nitrogen and oxygen atoms in total. The number of ether oxygens (including phenoxy) is 4. The lowest BCUT2D eigenvalue weighted by atomic mass is 9.49. The van der Waals surface area contributed by atoms with Crippen molar-refractivity contribution in [3.63, 3.8) is 0 Å². The van der Waals surface area contributed by atoms with Gasteiger partial charge in [0.15, 0.2) is 11.5 Å². The van der Waals surface area contributed by atoms with E-state index in [0.717, 1.165) is 6.42 Å². The van der Waals surface area contributed by atoms with Crippen LogP contribution in [-0.4, -0.2) is 47.1 Å². The van der Waals surface area contributed by atoms with E-state index in [4.69, 9.17) is 27.8 Å². The number of fused-ring (bicyclic) bond motifs is 4. The standard InChI is InChI=1S/C31H32O9/c1-15(2)30-13-17(30)24-31(40-24)28(3)10-9-16-21(18(28)14-37-29(31,4)27(30)34)23(39-25(16)32)22(19-7-5-11-35-19)38-26(33)20-8-6-12-36-20/h5-8,11-12,15,17-18,24,27,34H,9-10,13-14H2,1-4H3/b23-22+/t17-,18-,24-,27-,28-,29+,30+,31+/m0/s1. The summed E-state index contributed by atoms with van der Waals surface area (Å²) in [4.78, 5) is 26.2. The van der Waals surface area contributed by atoms with Crippen LogP contribution in [-0.2, 0) is 23.7 Å². The van der Waals surface area contributed by atoms with E-state index in [-0.39, 0.29) is 53.0 Å². The molecule has 2 aromatic heterocycles. The Bertz CT molecular complexity index is 1500. The molecule has 0 radical (unpaired) electrons. The quantitative estimate of drug-likeness (QED) is 0.331. The summed E-state index contributed by atoms with van der Waals surface area (Å²) in [6, 6.07) is 6.41. The molecule has 3 aliphatic heterocycles. The van der Waals surface area contributed by atoms with Gasteiger partial charge in [-0.1, -0.05) is 20.8 Å². The van der Waals surface area contributed by atoms with Gasteiger partial charge in [0.05, 0.1) is 31.3 Å². The topological polar surface area (TPSA) is 121 Å². The summed E-state index contributed by atoms with van der Waals surface area (Å²) in [6.07, 6.45) is 4.24. The number of hydrogen-bond acceptors (Lipinski definition) is 9. The molecule has 5 heterocycles. The minimum absolute atomic E-state index is 0.0100. The zero-order valence-corrected chi connectivity index (χ0v) is 22.9. The Morgan fingerprint density at radius 3 is 2.52 bits per heavy atom. The fourth-order valence-electron chi connectivity index (χ4n) is 9.09. The van der Waals surface area contributed by atoms with Crippen molar-refractivity contribution in [2.24, 2.45) is 28.6 Å². The van der Waals surface area contributed by atoms with Gasteiger partial charge in [0.25, 0.3) is 0 Å². The van der Waals surface area contributed by atoms with Crippen LogP contribution in [0.2, 0.25) is 0 Å². The van der Waals surface area contributed by atoms with Crippen LogP contribution in [0.1, 0.15) is 63.3 Å². The second-order valence-electron chi connectivity index (χ2n) is 12.9. The molecule has 6 aliphatic rings. The second kappa shape index (κ2) is 7.57. The summed E-state index contributed by atoms with van der Waals surface area (Å²) in [5, 5.41) is 11.9. The molecular weight excluding hydrogens is 516 g/mol. The van der Waals surface area contributed by atoms with E-state index in [9.17, 15) is 14.7 Å². The molecule has 0 unspecified atom stereocenters. The monoisotopic (exact) mass is 548 g/mol. The highest BCUT2D eigenvalue weighted by atomic mass is 16.7. The molecular formula is C31H32O9. The van der Waals surface area contributed by atoms with E-state index < -0.39 is 34.7 Å². The van der Waals surface area contributed by atoms with Gasteiger partial charge in [0, 0.05) is 27.9 Å². The maximum atomic E-state index is 13.2. The minimum atomic E-state index is -0.888. The molecule has 2 saturated carbocycles. The van der Waals surface area contributed by atoms with Crippen LogP contribution in [0.5, 0.6) is 0 Å². The van der Waals surface area contributed by atoms with Gasteiger partial charge < -0.3 is 32.9 Å². The molecule has 0 bridgehead atoms. The Morgan fingerprint density at radius 1 is 1.12 bits per heavy atom. The molecule has 40 heavy (non-hydrogen) atoms. The van der Waals surface area contributed by atoms with Gasteiger partial charge in [-0.25, -0.2) is 9.59 Å². The third-order valence-corrected chi connectivity index (χ3v) is 11.3. The molecule has 1 spiro atoms. The summed E-state index contributed by atoms with van der Waals surface area (Å²) < 4.78 is 36.0. The predicted molar refractivity (Wildman–Crippen MR) is 137 cm³/mol. The van der Waals surface area contributed by atoms with Crippen LogP contribution in [0.25, 0.3) is 5.76 Å². The molecule has 210 valence electrons. The number of epoxide rings is 1. The maximum absolute atomic E-state index is 13.2. The second-order valence-corrected chi connectivity index (χ2v) is 12.9. The van der Waals surface area contributed by atoms with Crippen molar-refractivity contribution < 1.29 is 42.5 Å². The SMILES string of the molecule is CC(C)[C@]12C[C@H]1[C@@H]1O[C@@]13[C@@]1(C)CCC4=C(/C(=C(\OC(=O)c5ccco5)c5ccco5)OC4=O)[C@@H]1CO[C@]3(C)[C@@H]2O. The minimum Gasteiger partial charge on any atom is -0.461 e. The lowest BCUT2D eigenvalue weighted by Gasteiger charge is -2.60. The van der Waals surface area contributed by atoms with Gasteiger partial charge in [-0.15, -0.1) is 0 Å². The number of cyclic esters (lactones) is 1. The Balaban J connectivity index is 1.24. The van der Waals surface area contributed by atoms with Gasteiger partial charge in [-0.2, -0.15) is 0 Å². The van der Waals surface area contributed by atoms with E-state index in [1.165, 1.54) is 18.6 Å². The van der Waals surface area contributed by atoms with Crippen LogP contribution in [0.4, 0.5) is 0 Å². The molecule has 1 N–H and O–H groups in total. The first-order valence-electron chi connectivity index (χ1n) is 14.1. The van der Waals surface area contributed by atoms with Crippen LogP contribution in [0.15, 0.2) is 62.5 Å². The van der Waals surface area contributed by atoms with Gasteiger partial charge in [0.2, 0.25) is 11.5 Å². The summed E-state index contributed by atoms with van der Waals surface area (Å²) in [7, 11) is 0. The predicted octanol–water partition coefficient (Wildman–Crippen LogP) is 4.63. The fourth-order valence-corrected chi connectivity index (χ4v) is 9.09. The molecule has 4 fully saturated rings. The summed E-state index contributed by atoms with van der Waals surface area (Å²) >= 11 is 0. The maximum Gasteiger partial charge on any atom is 0.379 e. The van der Waals surface area contributed by atoms with Crippen molar-refractivity contribution in [1.29, 1.82) is 0 Å². The number of aliphatic hydroxyl groups is 1. The lowest BCUT2D eigenvalue weighted by molar-refractivity contribution is -0.258. The number of rotatable bonds is 4. The Morgan fingerprint density at radius 2 is 1.85 bits per heavy atom. The number of hydrogen-bond donors (Lipinski definition) is 1. The molecule has 2 aromatic rings. The van der Waals surface area contributed by atoms with E-state index in [0.29, 0.717) is 29.9 Å². The number of carbonyl (C=O) groups excluding carboxylic acids is 2. The first-order valence-corrected chi connectivity index (χ1v) is 14.1. The Labute approximate surface area is 231 Å². The summed E-state index contributed by atoms with van der Waals surface area (Å²) in [5.74, 6) is -0.491. The average Bonchev–Trinajstić information content (AvgIpc) is 3.59. The molecule has 0 amide bonds. The number of carbonyl (C=O) groups is 2. The van der Waals surface area contributed by atoms with Gasteiger partial charge in [-0.05, 0) is 62.3 Å². The molecule has 8 atom stereocenters. The number of aliphatic hydroxyl groups excluding tert-OH is 1. The van der Waals surface area contributed by atoms with Crippen molar-refractivity contribution in [2.45, 2.75) is 70.4 Å². The lowest BCUT2D eigenvalue weighted by Crippen LogP contribution is -2.72. The van der Waals surface area contributed by atoms with Crippen LogP contribution < -0.4 is 0 Å². The average molecular weight is 549 g/mol. The van der Waals surface area contributed by atoms with E-state index >= 15 is 0 Å². The largest absolute Gasteiger partial charge is 0.461 e. The first kappa shape index (κ1) is 24.6. The summed E-state index contributed by atoms with van der Waals surface area (Å²) in [5.41, 5.74) is -1.04. The smallest absolute Gasteiger partial charge is 0.379 e. The normalized spacial score (nSPS) is 43.7. The number of furan rings is 2. The van der Waals surface area contributed by atoms with E-state index in [2.05, 4.69) is 20.8 Å². The summed E-state index contributed by atoms with van der Waals surface area (Å²) in [6.45, 7) is 8.81. The van der Waals surface area contributed by atoms with Crippen molar-refractivity contribution in [1.82, 2.24) is 0 Å². The highest BCUT2D eigenvalue weighted by Crippen LogP contribution is 2.82. The first-order chi connectivity index (χ1) is 19.1. The third-order valence-electron chi connectivity index (χ3n) is 11.3. The van der Waals surface area contributed by atoms with E-state index in [1.807, 2.05) is 6.92 Å². The Hall–Kier alpha value is -3.14. The molecule has 0 aromatic carbocycles. The number of esters is 2. The van der Waals surface area contributed by atoms with Crippen LogP contribution >= 0.6 is 0 Å². The zero-order chi connectivity index (χ0) is 27.8. The number of allylic oxidation sites excluding steroid dienone is 1. The van der Waals surface area contributed by atoms with Crippen molar-refractivity contribution in [3.05, 3.63) is 65.2 Å². The van der Waals surface area contributed by atoms with Gasteiger partial charge in [-0.3, -0.25) is 0 Å². The van der Waals surface area contributed by atoms with Crippen molar-refractivity contribution in [2.75, 3.05) is 6.61 Å². The molecule has 9 heteroatoms. The highest BCUT2D eigenvalue weighted by molar-refractivity contribution is 5.98. The zero-order valence-electron chi connectivity index (χ0n) is 22.9.